The smallest absolute Gasteiger partial charge is 0.165 e. The molecule has 0 aliphatic heterocycles. The molecule has 0 radical (unpaired) electrons. The van der Waals surface area contributed by atoms with Gasteiger partial charge >= 0.3 is 0 Å². The van der Waals surface area contributed by atoms with Gasteiger partial charge in [0.2, 0.25) is 0 Å². The highest BCUT2D eigenvalue weighted by atomic mass is 32.2. The molecule has 1 aromatic rings. The Morgan fingerprint density at radius 1 is 1.60 bits per heavy atom. The van der Waals surface area contributed by atoms with Crippen molar-refractivity contribution in [3.05, 3.63) is 24.1 Å². The molecule has 2 nitrogen and oxygen atoms in total. The summed E-state index contributed by atoms with van der Waals surface area (Å²) in [7, 11) is 1.89. The number of rotatable bonds is 5. The average Bonchev–Trinajstić information content (AvgIpc) is 2.25. The van der Waals surface area contributed by atoms with E-state index in [0.29, 0.717) is 11.9 Å². The first-order valence-corrected chi connectivity index (χ1v) is 6.38. The zero-order chi connectivity index (χ0) is 11.3. The van der Waals surface area contributed by atoms with Gasteiger partial charge in [-0.25, -0.2) is 9.37 Å². The first kappa shape index (κ1) is 12.3. The van der Waals surface area contributed by atoms with Gasteiger partial charge in [-0.05, 0) is 37.5 Å². The molecular formula is C11H17FN2S. The van der Waals surface area contributed by atoms with Crippen molar-refractivity contribution < 1.29 is 4.39 Å². The standard InChI is InChI=1S/C11H17FN2S/c1-9(6-8-15-3)14(2)11-10(12)5-4-7-13-11/h4-5,7,9H,6,8H2,1-3H3/t9-/m0/s1. The number of hydrogen-bond donors (Lipinski definition) is 0. The molecule has 0 bridgehead atoms. The summed E-state index contributed by atoms with van der Waals surface area (Å²) in [5.41, 5.74) is 0. The van der Waals surface area contributed by atoms with Crippen molar-refractivity contribution in [3.8, 4) is 0 Å². The minimum atomic E-state index is -0.254. The van der Waals surface area contributed by atoms with Crippen LogP contribution in [0.5, 0.6) is 0 Å². The third-order valence-corrected chi connectivity index (χ3v) is 3.12. The molecule has 1 rings (SSSR count). The van der Waals surface area contributed by atoms with Crippen molar-refractivity contribution in [1.29, 1.82) is 0 Å². The molecular weight excluding hydrogens is 211 g/mol. The largest absolute Gasteiger partial charge is 0.355 e. The van der Waals surface area contributed by atoms with E-state index in [1.165, 1.54) is 6.07 Å². The zero-order valence-electron chi connectivity index (χ0n) is 9.40. The highest BCUT2D eigenvalue weighted by molar-refractivity contribution is 7.98. The van der Waals surface area contributed by atoms with Crippen LogP contribution in [0.4, 0.5) is 10.2 Å². The molecule has 0 saturated carbocycles. The molecule has 15 heavy (non-hydrogen) atoms. The molecule has 0 amide bonds. The van der Waals surface area contributed by atoms with Gasteiger partial charge in [-0.3, -0.25) is 0 Å². The lowest BCUT2D eigenvalue weighted by atomic mass is 10.2. The number of anilines is 1. The Hall–Kier alpha value is -0.770. The van der Waals surface area contributed by atoms with E-state index >= 15 is 0 Å². The fourth-order valence-electron chi connectivity index (χ4n) is 1.33. The Balaban J connectivity index is 2.67. The summed E-state index contributed by atoms with van der Waals surface area (Å²) in [5, 5.41) is 0. The molecule has 0 unspecified atom stereocenters. The molecule has 84 valence electrons. The Bertz CT molecular complexity index is 306. The van der Waals surface area contributed by atoms with Gasteiger partial charge in [0.1, 0.15) is 0 Å². The van der Waals surface area contributed by atoms with Crippen LogP contribution in [0.3, 0.4) is 0 Å². The number of hydrogen-bond acceptors (Lipinski definition) is 3. The molecule has 0 fully saturated rings. The monoisotopic (exact) mass is 228 g/mol. The lowest BCUT2D eigenvalue weighted by molar-refractivity contribution is 0.591. The van der Waals surface area contributed by atoms with E-state index in [4.69, 9.17) is 0 Å². The predicted octanol–water partition coefficient (Wildman–Crippen LogP) is 2.80. The summed E-state index contributed by atoms with van der Waals surface area (Å²) in [5.74, 6) is 1.27. The van der Waals surface area contributed by atoms with Crippen molar-refractivity contribution in [2.75, 3.05) is 24.0 Å². The van der Waals surface area contributed by atoms with Gasteiger partial charge in [0.15, 0.2) is 11.6 Å². The quantitative estimate of drug-likeness (QED) is 0.771. The van der Waals surface area contributed by atoms with Crippen LogP contribution in [-0.4, -0.2) is 30.1 Å². The van der Waals surface area contributed by atoms with Crippen LogP contribution in [0.15, 0.2) is 18.3 Å². The number of halogens is 1. The normalized spacial score (nSPS) is 12.5. The van der Waals surface area contributed by atoms with Crippen molar-refractivity contribution in [1.82, 2.24) is 4.98 Å². The van der Waals surface area contributed by atoms with Crippen LogP contribution in [-0.2, 0) is 0 Å². The van der Waals surface area contributed by atoms with Gasteiger partial charge in [0.25, 0.3) is 0 Å². The van der Waals surface area contributed by atoms with Crippen LogP contribution in [0.2, 0.25) is 0 Å². The molecule has 1 atom stereocenters. The molecule has 0 aromatic carbocycles. The van der Waals surface area contributed by atoms with Crippen molar-refractivity contribution in [3.63, 3.8) is 0 Å². The number of aromatic nitrogens is 1. The van der Waals surface area contributed by atoms with E-state index in [9.17, 15) is 4.39 Å². The van der Waals surface area contributed by atoms with E-state index in [1.54, 1.807) is 24.0 Å². The molecule has 1 heterocycles. The number of nitrogens with zero attached hydrogens (tertiary/aromatic N) is 2. The minimum absolute atomic E-state index is 0.254. The van der Waals surface area contributed by atoms with E-state index in [-0.39, 0.29) is 5.82 Å². The molecule has 0 saturated heterocycles. The maximum atomic E-state index is 13.4. The maximum Gasteiger partial charge on any atom is 0.165 e. The number of pyridine rings is 1. The third kappa shape index (κ3) is 3.38. The average molecular weight is 228 g/mol. The summed E-state index contributed by atoms with van der Waals surface area (Å²) in [6, 6.07) is 3.36. The highest BCUT2D eigenvalue weighted by Crippen LogP contribution is 2.17. The van der Waals surface area contributed by atoms with E-state index in [0.717, 1.165) is 12.2 Å². The van der Waals surface area contributed by atoms with E-state index < -0.39 is 0 Å². The molecule has 1 aromatic heterocycles. The van der Waals surface area contributed by atoms with E-state index in [2.05, 4.69) is 18.2 Å². The Morgan fingerprint density at radius 2 is 2.33 bits per heavy atom. The van der Waals surface area contributed by atoms with Gasteiger partial charge in [-0.1, -0.05) is 0 Å². The first-order valence-electron chi connectivity index (χ1n) is 4.99. The summed E-state index contributed by atoms with van der Waals surface area (Å²) >= 11 is 1.81. The van der Waals surface area contributed by atoms with Crippen molar-refractivity contribution in [2.24, 2.45) is 0 Å². The Labute approximate surface area is 94.9 Å². The Morgan fingerprint density at radius 3 is 2.93 bits per heavy atom. The Kier molecular flexibility index (Phi) is 4.88. The zero-order valence-corrected chi connectivity index (χ0v) is 10.2. The van der Waals surface area contributed by atoms with Gasteiger partial charge in [0.05, 0.1) is 0 Å². The number of thioether (sulfide) groups is 1. The lowest BCUT2D eigenvalue weighted by Gasteiger charge is -2.25. The molecule has 0 aliphatic carbocycles. The minimum Gasteiger partial charge on any atom is -0.355 e. The molecule has 0 N–H and O–H groups in total. The maximum absolute atomic E-state index is 13.4. The van der Waals surface area contributed by atoms with Crippen molar-refractivity contribution >= 4 is 17.6 Å². The highest BCUT2D eigenvalue weighted by Gasteiger charge is 2.13. The van der Waals surface area contributed by atoms with Crippen LogP contribution < -0.4 is 4.90 Å². The lowest BCUT2D eigenvalue weighted by Crippen LogP contribution is -2.30. The molecule has 0 aliphatic rings. The van der Waals surface area contributed by atoms with Gasteiger partial charge < -0.3 is 4.90 Å². The topological polar surface area (TPSA) is 16.1 Å². The SMILES string of the molecule is CSCC[C@H](C)N(C)c1ncccc1F. The fraction of sp³-hybridized carbons (Fsp3) is 0.545. The van der Waals surface area contributed by atoms with Crippen LogP contribution in [0.1, 0.15) is 13.3 Å². The van der Waals surface area contributed by atoms with Crippen molar-refractivity contribution in [2.45, 2.75) is 19.4 Å². The fourth-order valence-corrected chi connectivity index (χ4v) is 1.90. The summed E-state index contributed by atoms with van der Waals surface area (Å²) in [6.45, 7) is 2.09. The first-order chi connectivity index (χ1) is 7.16. The van der Waals surface area contributed by atoms with Gasteiger partial charge in [-0.15, -0.1) is 0 Å². The second-order valence-corrected chi connectivity index (χ2v) is 4.54. The van der Waals surface area contributed by atoms with Gasteiger partial charge in [-0.2, -0.15) is 11.8 Å². The molecule has 4 heteroatoms. The van der Waals surface area contributed by atoms with E-state index in [1.807, 2.05) is 11.9 Å². The summed E-state index contributed by atoms with van der Waals surface area (Å²) in [4.78, 5) is 5.95. The van der Waals surface area contributed by atoms with Crippen LogP contribution in [0.25, 0.3) is 0 Å². The molecule has 0 spiro atoms. The van der Waals surface area contributed by atoms with Crippen LogP contribution >= 0.6 is 11.8 Å². The third-order valence-electron chi connectivity index (χ3n) is 2.47. The summed E-state index contributed by atoms with van der Waals surface area (Å²) in [6.07, 6.45) is 4.73. The summed E-state index contributed by atoms with van der Waals surface area (Å²) < 4.78 is 13.4. The second-order valence-electron chi connectivity index (χ2n) is 3.55. The second kappa shape index (κ2) is 5.95. The van der Waals surface area contributed by atoms with Gasteiger partial charge in [0, 0.05) is 19.3 Å². The predicted molar refractivity (Wildman–Crippen MR) is 65.1 cm³/mol. The van der Waals surface area contributed by atoms with Crippen LogP contribution in [0, 0.1) is 5.82 Å².